The third-order valence-corrected chi connectivity index (χ3v) is 3.12. The van der Waals surface area contributed by atoms with E-state index in [1.807, 2.05) is 24.3 Å². The van der Waals surface area contributed by atoms with Crippen molar-refractivity contribution in [2.24, 2.45) is 0 Å². The Labute approximate surface area is 123 Å². The molecule has 0 heterocycles. The van der Waals surface area contributed by atoms with Gasteiger partial charge in [0.2, 0.25) is 0 Å². The van der Waals surface area contributed by atoms with E-state index in [9.17, 15) is 4.39 Å². The van der Waals surface area contributed by atoms with Crippen LogP contribution in [0, 0.1) is 17.1 Å². The molecule has 2 rings (SSSR count). The summed E-state index contributed by atoms with van der Waals surface area (Å²) in [7, 11) is 1.58. The van der Waals surface area contributed by atoms with Gasteiger partial charge in [-0.3, -0.25) is 0 Å². The Kier molecular flexibility index (Phi) is 4.78. The topological polar surface area (TPSA) is 42.2 Å². The van der Waals surface area contributed by atoms with E-state index in [1.54, 1.807) is 13.2 Å². The van der Waals surface area contributed by atoms with Gasteiger partial charge in [0.25, 0.3) is 0 Å². The van der Waals surface area contributed by atoms with Crippen molar-refractivity contribution in [3.05, 3.63) is 58.9 Å². The summed E-state index contributed by atoms with van der Waals surface area (Å²) in [6, 6.07) is 11.8. The maximum absolute atomic E-state index is 13.4. The average Bonchev–Trinajstić information content (AvgIpc) is 2.52. The number of benzene rings is 2. The largest absolute Gasteiger partial charge is 0.493 e. The summed E-state index contributed by atoms with van der Waals surface area (Å²) in [5, 5.41) is 8.83. The van der Waals surface area contributed by atoms with Crippen LogP contribution in [0.25, 0.3) is 0 Å². The monoisotopic (exact) mass is 285 g/mol. The molecule has 0 amide bonds. The molecule has 0 unspecified atom stereocenters. The quantitative estimate of drug-likeness (QED) is 0.838. The third kappa shape index (κ3) is 3.73. The van der Waals surface area contributed by atoms with Gasteiger partial charge in [0, 0.05) is 0 Å². The number of hydrogen-bond donors (Lipinski definition) is 0. The fourth-order valence-corrected chi connectivity index (χ4v) is 2.01. The average molecular weight is 285 g/mol. The van der Waals surface area contributed by atoms with Gasteiger partial charge in [0.05, 0.1) is 18.7 Å². The van der Waals surface area contributed by atoms with Crippen LogP contribution < -0.4 is 9.47 Å². The third-order valence-electron chi connectivity index (χ3n) is 3.12. The van der Waals surface area contributed by atoms with Crippen molar-refractivity contribution >= 4 is 0 Å². The molecule has 4 heteroatoms. The Morgan fingerprint density at radius 2 is 1.90 bits per heavy atom. The molecular weight excluding hydrogens is 269 g/mol. The second-order valence-electron chi connectivity index (χ2n) is 4.59. The standard InChI is InChI=1S/C17H16FNO2/c1-3-12-4-5-16(17(9-12)20-2)21-11-14-6-13(10-19)7-15(18)8-14/h4-9H,3,11H2,1-2H3. The van der Waals surface area contributed by atoms with E-state index in [4.69, 9.17) is 14.7 Å². The van der Waals surface area contributed by atoms with Gasteiger partial charge in [-0.1, -0.05) is 13.0 Å². The number of methoxy groups -OCH3 is 1. The van der Waals surface area contributed by atoms with Crippen LogP contribution in [0.1, 0.15) is 23.6 Å². The van der Waals surface area contributed by atoms with Crippen LogP contribution in [0.4, 0.5) is 4.39 Å². The molecule has 0 N–H and O–H groups in total. The second kappa shape index (κ2) is 6.76. The van der Waals surface area contributed by atoms with Gasteiger partial charge in [0.1, 0.15) is 12.4 Å². The number of halogens is 1. The molecule has 2 aromatic rings. The van der Waals surface area contributed by atoms with Crippen LogP contribution in [-0.2, 0) is 13.0 Å². The Balaban J connectivity index is 2.16. The van der Waals surface area contributed by atoms with Crippen molar-refractivity contribution in [2.45, 2.75) is 20.0 Å². The molecular formula is C17H16FNO2. The first kappa shape index (κ1) is 14.9. The van der Waals surface area contributed by atoms with E-state index in [2.05, 4.69) is 6.92 Å². The minimum absolute atomic E-state index is 0.175. The number of ether oxygens (including phenoxy) is 2. The van der Waals surface area contributed by atoms with Crippen LogP contribution in [0.15, 0.2) is 36.4 Å². The van der Waals surface area contributed by atoms with Crippen molar-refractivity contribution in [2.75, 3.05) is 7.11 Å². The van der Waals surface area contributed by atoms with Gasteiger partial charge in [0.15, 0.2) is 11.5 Å². The SMILES string of the molecule is CCc1ccc(OCc2cc(F)cc(C#N)c2)c(OC)c1. The summed E-state index contributed by atoms with van der Waals surface area (Å²) in [5.74, 6) is 0.796. The lowest BCUT2D eigenvalue weighted by Crippen LogP contribution is -1.99. The zero-order valence-electron chi connectivity index (χ0n) is 12.0. The molecule has 21 heavy (non-hydrogen) atoms. The molecule has 0 aliphatic rings. The predicted molar refractivity (Wildman–Crippen MR) is 77.8 cm³/mol. The van der Waals surface area contributed by atoms with Gasteiger partial charge >= 0.3 is 0 Å². The molecule has 3 nitrogen and oxygen atoms in total. The van der Waals surface area contributed by atoms with E-state index < -0.39 is 5.82 Å². The van der Waals surface area contributed by atoms with Gasteiger partial charge in [-0.25, -0.2) is 4.39 Å². The highest BCUT2D eigenvalue weighted by molar-refractivity contribution is 5.43. The maximum Gasteiger partial charge on any atom is 0.161 e. The van der Waals surface area contributed by atoms with Crippen molar-refractivity contribution in [3.63, 3.8) is 0 Å². The van der Waals surface area contributed by atoms with Crippen molar-refractivity contribution in [1.29, 1.82) is 5.26 Å². The summed E-state index contributed by atoms with van der Waals surface area (Å²) in [6.45, 7) is 2.24. The van der Waals surface area contributed by atoms with Crippen molar-refractivity contribution in [3.8, 4) is 17.6 Å². The van der Waals surface area contributed by atoms with Crippen LogP contribution in [-0.4, -0.2) is 7.11 Å². The molecule has 0 bridgehead atoms. The lowest BCUT2D eigenvalue weighted by Gasteiger charge is -2.12. The predicted octanol–water partition coefficient (Wildman–Crippen LogP) is 3.85. The molecule has 0 saturated heterocycles. The summed E-state index contributed by atoms with van der Waals surface area (Å²) in [5.41, 5.74) is 2.03. The number of nitriles is 1. The van der Waals surface area contributed by atoms with Crippen LogP contribution in [0.2, 0.25) is 0 Å². The summed E-state index contributed by atoms with van der Waals surface area (Å²) in [4.78, 5) is 0. The van der Waals surface area contributed by atoms with Crippen molar-refractivity contribution in [1.82, 2.24) is 0 Å². The van der Waals surface area contributed by atoms with E-state index >= 15 is 0 Å². The molecule has 0 fully saturated rings. The van der Waals surface area contributed by atoms with Crippen LogP contribution >= 0.6 is 0 Å². The van der Waals surface area contributed by atoms with E-state index in [0.717, 1.165) is 12.0 Å². The van der Waals surface area contributed by atoms with E-state index in [0.29, 0.717) is 17.1 Å². The molecule has 108 valence electrons. The first-order chi connectivity index (χ1) is 10.2. The van der Waals surface area contributed by atoms with Gasteiger partial charge < -0.3 is 9.47 Å². The van der Waals surface area contributed by atoms with Gasteiger partial charge in [-0.2, -0.15) is 5.26 Å². The summed E-state index contributed by atoms with van der Waals surface area (Å²) < 4.78 is 24.3. The van der Waals surface area contributed by atoms with Gasteiger partial charge in [-0.15, -0.1) is 0 Å². The molecule has 0 radical (unpaired) electrons. The molecule has 0 atom stereocenters. The molecule has 2 aromatic carbocycles. The lowest BCUT2D eigenvalue weighted by molar-refractivity contribution is 0.284. The lowest BCUT2D eigenvalue weighted by atomic mass is 10.1. The van der Waals surface area contributed by atoms with Crippen molar-refractivity contribution < 1.29 is 13.9 Å². The molecule has 0 aliphatic carbocycles. The maximum atomic E-state index is 13.4. The smallest absolute Gasteiger partial charge is 0.161 e. The summed E-state index contributed by atoms with van der Waals surface area (Å²) >= 11 is 0. The molecule has 0 aliphatic heterocycles. The van der Waals surface area contributed by atoms with Gasteiger partial charge in [-0.05, 0) is 47.9 Å². The normalized spacial score (nSPS) is 10.0. The van der Waals surface area contributed by atoms with Crippen LogP contribution in [0.3, 0.4) is 0 Å². The molecule has 0 aromatic heterocycles. The zero-order valence-corrected chi connectivity index (χ0v) is 12.0. The Morgan fingerprint density at radius 1 is 1.10 bits per heavy atom. The first-order valence-corrected chi connectivity index (χ1v) is 6.65. The highest BCUT2D eigenvalue weighted by Crippen LogP contribution is 2.29. The fourth-order valence-electron chi connectivity index (χ4n) is 2.01. The number of nitrogens with zero attached hydrogens (tertiary/aromatic N) is 1. The highest BCUT2D eigenvalue weighted by Gasteiger charge is 2.07. The zero-order chi connectivity index (χ0) is 15.2. The van der Waals surface area contributed by atoms with E-state index in [-0.39, 0.29) is 12.2 Å². The van der Waals surface area contributed by atoms with Crippen LogP contribution in [0.5, 0.6) is 11.5 Å². The fraction of sp³-hybridized carbons (Fsp3) is 0.235. The minimum atomic E-state index is -0.444. The number of rotatable bonds is 5. The molecule has 0 spiro atoms. The minimum Gasteiger partial charge on any atom is -0.493 e. The Morgan fingerprint density at radius 3 is 2.57 bits per heavy atom. The Bertz CT molecular complexity index is 677. The van der Waals surface area contributed by atoms with E-state index in [1.165, 1.54) is 12.1 Å². The summed E-state index contributed by atoms with van der Waals surface area (Å²) in [6.07, 6.45) is 0.909. The number of hydrogen-bond acceptors (Lipinski definition) is 3. The molecule has 0 saturated carbocycles. The highest BCUT2D eigenvalue weighted by atomic mass is 19.1. The number of aryl methyl sites for hydroxylation is 1. The Hall–Kier alpha value is -2.54. The first-order valence-electron chi connectivity index (χ1n) is 6.65. The second-order valence-corrected chi connectivity index (χ2v) is 4.59.